The van der Waals surface area contributed by atoms with Crippen LogP contribution < -0.4 is 16.1 Å². The number of anilines is 1. The molecule has 0 atom stereocenters. The summed E-state index contributed by atoms with van der Waals surface area (Å²) in [5, 5.41) is 0.469. The van der Waals surface area contributed by atoms with Gasteiger partial charge in [-0.1, -0.05) is 11.6 Å². The molecule has 0 unspecified atom stereocenters. The minimum atomic E-state index is -4.05. The molecule has 0 radical (unpaired) electrons. The second-order valence-electron chi connectivity index (χ2n) is 5.41. The number of hydrogen-bond acceptors (Lipinski definition) is 6. The van der Waals surface area contributed by atoms with E-state index in [0.29, 0.717) is 16.5 Å². The number of nitrogens with one attached hydrogen (secondary N) is 2. The number of aromatic amines is 1. The molecule has 2 aromatic heterocycles. The van der Waals surface area contributed by atoms with Crippen molar-refractivity contribution < 1.29 is 17.3 Å². The van der Waals surface area contributed by atoms with Crippen LogP contribution in [0.1, 0.15) is 0 Å². The summed E-state index contributed by atoms with van der Waals surface area (Å²) < 4.78 is 37.6. The smallest absolute Gasteiger partial charge is 0.417 e. The maximum absolute atomic E-state index is 12.7. The van der Waals surface area contributed by atoms with Crippen molar-refractivity contribution >= 4 is 49.4 Å². The zero-order valence-corrected chi connectivity index (χ0v) is 14.3. The first-order valence-corrected chi connectivity index (χ1v) is 9.07. The molecule has 10 heteroatoms. The van der Waals surface area contributed by atoms with Gasteiger partial charge in [0.15, 0.2) is 5.58 Å². The molecule has 0 spiro atoms. The average Bonchev–Trinajstić information content (AvgIpc) is 2.93. The summed E-state index contributed by atoms with van der Waals surface area (Å²) >= 11 is 6.04. The lowest BCUT2D eigenvalue weighted by molar-refractivity contribution is 0.554. The van der Waals surface area contributed by atoms with E-state index in [0.717, 1.165) is 6.07 Å². The van der Waals surface area contributed by atoms with E-state index in [-0.39, 0.29) is 21.2 Å². The molecule has 0 bridgehead atoms. The maximum atomic E-state index is 12.7. The van der Waals surface area contributed by atoms with Gasteiger partial charge >= 0.3 is 11.4 Å². The minimum absolute atomic E-state index is 0.0695. The first-order valence-electron chi connectivity index (χ1n) is 7.21. The van der Waals surface area contributed by atoms with E-state index >= 15 is 0 Å². The predicted molar refractivity (Wildman–Crippen MR) is 95.1 cm³/mol. The third-order valence-corrected chi connectivity index (χ3v) is 5.48. The monoisotopic (exact) mass is 392 g/mol. The topological polar surface area (TPSA) is 122 Å². The summed E-state index contributed by atoms with van der Waals surface area (Å²) in [6.07, 6.45) is 0. The number of halogens is 1. The third kappa shape index (κ3) is 2.87. The predicted octanol–water partition coefficient (Wildman–Crippen LogP) is 2.68. The van der Waals surface area contributed by atoms with Crippen LogP contribution in [0.5, 0.6) is 0 Å². The molecule has 132 valence electrons. The molecule has 2 aromatic carbocycles. The molecule has 0 aliphatic rings. The Kier molecular flexibility index (Phi) is 3.63. The fraction of sp³-hybridized carbons (Fsp3) is 0. The van der Waals surface area contributed by atoms with E-state index in [1.165, 1.54) is 36.4 Å². The van der Waals surface area contributed by atoms with Crippen LogP contribution in [0, 0.1) is 0 Å². The van der Waals surface area contributed by atoms with Crippen molar-refractivity contribution in [2.75, 3.05) is 4.72 Å². The molecule has 0 aliphatic carbocycles. The molecule has 0 fully saturated rings. The van der Waals surface area contributed by atoms with E-state index in [9.17, 15) is 18.0 Å². The highest BCUT2D eigenvalue weighted by Gasteiger charge is 2.21. The second kappa shape index (κ2) is 5.75. The number of sulfonamides is 1. The fourth-order valence-electron chi connectivity index (χ4n) is 2.50. The van der Waals surface area contributed by atoms with E-state index in [1.807, 2.05) is 0 Å². The molecule has 4 aromatic rings. The lowest BCUT2D eigenvalue weighted by Gasteiger charge is -2.10. The molecule has 0 saturated heterocycles. The van der Waals surface area contributed by atoms with Crippen LogP contribution in [0.15, 0.2) is 65.8 Å². The van der Waals surface area contributed by atoms with Gasteiger partial charge in [0.2, 0.25) is 0 Å². The molecule has 4 rings (SSSR count). The van der Waals surface area contributed by atoms with Crippen LogP contribution in [0.4, 0.5) is 5.69 Å². The normalized spacial score (nSPS) is 11.9. The lowest BCUT2D eigenvalue weighted by atomic mass is 10.2. The van der Waals surface area contributed by atoms with Crippen molar-refractivity contribution in [1.82, 2.24) is 4.98 Å². The molecule has 2 N–H and O–H groups in total. The quantitative estimate of drug-likeness (QED) is 0.517. The molecular weight excluding hydrogens is 384 g/mol. The molecule has 26 heavy (non-hydrogen) atoms. The highest BCUT2D eigenvalue weighted by atomic mass is 35.5. The molecule has 0 amide bonds. The summed E-state index contributed by atoms with van der Waals surface area (Å²) in [5.74, 6) is -0.713. The highest BCUT2D eigenvalue weighted by molar-refractivity contribution is 7.92. The van der Waals surface area contributed by atoms with Gasteiger partial charge in [0.25, 0.3) is 10.0 Å². The summed E-state index contributed by atoms with van der Waals surface area (Å²) in [5.41, 5.74) is 0.436. The Morgan fingerprint density at radius 2 is 1.77 bits per heavy atom. The zero-order chi connectivity index (χ0) is 18.5. The van der Waals surface area contributed by atoms with Gasteiger partial charge in [0, 0.05) is 23.2 Å². The molecule has 0 aliphatic heterocycles. The van der Waals surface area contributed by atoms with Crippen LogP contribution in [0.25, 0.3) is 22.1 Å². The van der Waals surface area contributed by atoms with Crippen LogP contribution in [-0.2, 0) is 10.0 Å². The third-order valence-electron chi connectivity index (χ3n) is 3.63. The van der Waals surface area contributed by atoms with E-state index in [4.69, 9.17) is 20.4 Å². The molecule has 2 heterocycles. The summed E-state index contributed by atoms with van der Waals surface area (Å²) in [6, 6.07) is 9.66. The van der Waals surface area contributed by atoms with E-state index in [2.05, 4.69) is 9.71 Å². The summed E-state index contributed by atoms with van der Waals surface area (Å²) in [4.78, 5) is 24.6. The Morgan fingerprint density at radius 1 is 0.962 bits per heavy atom. The van der Waals surface area contributed by atoms with Crippen molar-refractivity contribution in [3.05, 3.63) is 68.5 Å². The number of fused-ring (bicyclic) bond motifs is 2. The van der Waals surface area contributed by atoms with Gasteiger partial charge in [-0.3, -0.25) is 9.71 Å². The largest absolute Gasteiger partial charge is 0.423 e. The first kappa shape index (κ1) is 16.4. The van der Waals surface area contributed by atoms with Crippen molar-refractivity contribution in [2.24, 2.45) is 0 Å². The van der Waals surface area contributed by atoms with Crippen molar-refractivity contribution in [3.63, 3.8) is 0 Å². The average molecular weight is 393 g/mol. The fourth-order valence-corrected chi connectivity index (χ4v) is 4.10. The number of oxazole rings is 1. The maximum Gasteiger partial charge on any atom is 0.417 e. The van der Waals surface area contributed by atoms with Crippen LogP contribution in [-0.4, -0.2) is 13.4 Å². The van der Waals surface area contributed by atoms with E-state index < -0.39 is 21.4 Å². The minimum Gasteiger partial charge on any atom is -0.423 e. The van der Waals surface area contributed by atoms with Gasteiger partial charge in [-0.25, -0.2) is 18.0 Å². The first-order chi connectivity index (χ1) is 12.3. The van der Waals surface area contributed by atoms with Gasteiger partial charge in [-0.2, -0.15) is 0 Å². The van der Waals surface area contributed by atoms with Gasteiger partial charge in [-0.05, 0) is 30.3 Å². The number of hydrogen-bond donors (Lipinski definition) is 2. The molecular formula is C16H9ClN2O6S. The summed E-state index contributed by atoms with van der Waals surface area (Å²) in [7, 11) is -4.05. The van der Waals surface area contributed by atoms with Crippen LogP contribution in [0.3, 0.4) is 0 Å². The van der Waals surface area contributed by atoms with E-state index in [1.54, 1.807) is 0 Å². The van der Waals surface area contributed by atoms with Gasteiger partial charge < -0.3 is 8.83 Å². The van der Waals surface area contributed by atoms with Gasteiger partial charge in [0.05, 0.1) is 10.5 Å². The van der Waals surface area contributed by atoms with Crippen molar-refractivity contribution in [3.8, 4) is 0 Å². The van der Waals surface area contributed by atoms with Crippen LogP contribution >= 0.6 is 11.6 Å². The standard InChI is InChI=1S/C16H9ClN2O6S/c17-10-6-11-13(25-16(21)18-11)7-14(10)26(22,23)19-9-2-3-12-8(5-9)1-4-15(20)24-12/h1-7,19H,(H,18,21). The SMILES string of the molecule is O=c1ccc2cc(NS(=O)(=O)c3cc4oc(=O)[nH]c4cc3Cl)ccc2o1. The Labute approximate surface area is 150 Å². The number of aromatic nitrogens is 1. The van der Waals surface area contributed by atoms with Crippen molar-refractivity contribution in [1.29, 1.82) is 0 Å². The summed E-state index contributed by atoms with van der Waals surface area (Å²) in [6.45, 7) is 0. The number of H-pyrrole nitrogens is 1. The van der Waals surface area contributed by atoms with Gasteiger partial charge in [-0.15, -0.1) is 0 Å². The molecule has 8 nitrogen and oxygen atoms in total. The number of rotatable bonds is 3. The second-order valence-corrected chi connectivity index (χ2v) is 7.46. The lowest BCUT2D eigenvalue weighted by Crippen LogP contribution is -2.13. The van der Waals surface area contributed by atoms with Gasteiger partial charge in [0.1, 0.15) is 10.5 Å². The number of benzene rings is 2. The Hall–Kier alpha value is -3.04. The Morgan fingerprint density at radius 3 is 2.58 bits per heavy atom. The van der Waals surface area contributed by atoms with Crippen LogP contribution in [0.2, 0.25) is 5.02 Å². The Bertz CT molecular complexity index is 1380. The van der Waals surface area contributed by atoms with Crippen molar-refractivity contribution in [2.45, 2.75) is 4.90 Å². The highest BCUT2D eigenvalue weighted by Crippen LogP contribution is 2.28. The molecule has 0 saturated carbocycles. The Balaban J connectivity index is 1.77. The zero-order valence-electron chi connectivity index (χ0n) is 12.8.